The summed E-state index contributed by atoms with van der Waals surface area (Å²) in [5.41, 5.74) is 1.47. The summed E-state index contributed by atoms with van der Waals surface area (Å²) in [7, 11) is 0. The fourth-order valence-corrected chi connectivity index (χ4v) is 3.93. The largest absolute Gasteiger partial charge is 0.486 e. The van der Waals surface area contributed by atoms with Gasteiger partial charge in [0, 0.05) is 18.0 Å². The molecule has 0 spiro atoms. The third kappa shape index (κ3) is 4.38. The van der Waals surface area contributed by atoms with Crippen LogP contribution in [0.3, 0.4) is 0 Å². The topological polar surface area (TPSA) is 54.9 Å². The highest BCUT2D eigenvalue weighted by Crippen LogP contribution is 2.44. The molecule has 0 amide bonds. The Morgan fingerprint density at radius 2 is 1.88 bits per heavy atom. The minimum absolute atomic E-state index is 0. The minimum Gasteiger partial charge on any atom is -0.486 e. The molecule has 1 aromatic carbocycles. The summed E-state index contributed by atoms with van der Waals surface area (Å²) in [5, 5.41) is 6.92. The summed E-state index contributed by atoms with van der Waals surface area (Å²) in [6.07, 6.45) is 7.46. The monoisotopic (exact) mass is 471 g/mol. The number of fused-ring (bicyclic) bond motifs is 1. The Labute approximate surface area is 173 Å². The molecule has 2 N–H and O–H groups in total. The molecule has 2 fully saturated rings. The summed E-state index contributed by atoms with van der Waals surface area (Å²) in [6.45, 7) is 5.12. The van der Waals surface area contributed by atoms with Crippen LogP contribution in [-0.2, 0) is 5.41 Å². The number of rotatable bonds is 5. The zero-order valence-electron chi connectivity index (χ0n) is 15.6. The SMILES string of the molecule is CCNC(=NCC1(c2ccc3c(c2)OCCO3)CCCC1)NC1CC1.I. The van der Waals surface area contributed by atoms with Crippen LogP contribution >= 0.6 is 24.0 Å². The Morgan fingerprint density at radius 1 is 1.15 bits per heavy atom. The first-order valence-electron chi connectivity index (χ1n) is 9.74. The fraction of sp³-hybridized carbons (Fsp3) is 0.650. The van der Waals surface area contributed by atoms with Crippen LogP contribution < -0.4 is 20.1 Å². The van der Waals surface area contributed by atoms with E-state index in [1.807, 2.05) is 0 Å². The molecule has 1 aromatic rings. The van der Waals surface area contributed by atoms with E-state index < -0.39 is 0 Å². The number of halogens is 1. The van der Waals surface area contributed by atoms with Crippen molar-refractivity contribution in [2.45, 2.75) is 56.9 Å². The van der Waals surface area contributed by atoms with Gasteiger partial charge in [0.25, 0.3) is 0 Å². The number of guanidine groups is 1. The molecular weight excluding hydrogens is 441 g/mol. The molecule has 1 aliphatic heterocycles. The number of aliphatic imine (C=N–C) groups is 1. The van der Waals surface area contributed by atoms with Crippen molar-refractivity contribution < 1.29 is 9.47 Å². The number of hydrogen-bond donors (Lipinski definition) is 2. The summed E-state index contributed by atoms with van der Waals surface area (Å²) in [5.74, 6) is 2.73. The van der Waals surface area contributed by atoms with Crippen LogP contribution in [0.25, 0.3) is 0 Å². The van der Waals surface area contributed by atoms with Crippen LogP contribution in [0.15, 0.2) is 23.2 Å². The van der Waals surface area contributed by atoms with Crippen LogP contribution in [0.5, 0.6) is 11.5 Å². The number of benzene rings is 1. The molecule has 2 saturated carbocycles. The first-order chi connectivity index (χ1) is 12.3. The van der Waals surface area contributed by atoms with Crippen LogP contribution in [0.1, 0.15) is 51.0 Å². The van der Waals surface area contributed by atoms with Gasteiger partial charge in [-0.25, -0.2) is 0 Å². The Balaban J connectivity index is 0.00000196. The summed E-state index contributed by atoms with van der Waals surface area (Å²) in [6, 6.07) is 7.10. The summed E-state index contributed by atoms with van der Waals surface area (Å²) in [4.78, 5) is 4.96. The van der Waals surface area contributed by atoms with Gasteiger partial charge in [-0.3, -0.25) is 4.99 Å². The highest BCUT2D eigenvalue weighted by molar-refractivity contribution is 14.0. The molecule has 3 aliphatic rings. The van der Waals surface area contributed by atoms with E-state index in [1.165, 1.54) is 44.1 Å². The third-order valence-electron chi connectivity index (χ3n) is 5.52. The van der Waals surface area contributed by atoms with Crippen molar-refractivity contribution in [1.29, 1.82) is 0 Å². The lowest BCUT2D eigenvalue weighted by molar-refractivity contribution is 0.171. The van der Waals surface area contributed by atoms with Crippen molar-refractivity contribution >= 4 is 29.9 Å². The van der Waals surface area contributed by atoms with Gasteiger partial charge in [0.2, 0.25) is 0 Å². The zero-order valence-corrected chi connectivity index (χ0v) is 17.9. The normalized spacial score (nSPS) is 21.0. The summed E-state index contributed by atoms with van der Waals surface area (Å²) < 4.78 is 11.5. The average molecular weight is 471 g/mol. The van der Waals surface area contributed by atoms with E-state index in [9.17, 15) is 0 Å². The van der Waals surface area contributed by atoms with E-state index in [1.54, 1.807) is 0 Å². The lowest BCUT2D eigenvalue weighted by atomic mass is 9.79. The smallest absolute Gasteiger partial charge is 0.191 e. The van der Waals surface area contributed by atoms with E-state index >= 15 is 0 Å². The van der Waals surface area contributed by atoms with Crippen molar-refractivity contribution in [3.63, 3.8) is 0 Å². The molecule has 144 valence electrons. The molecule has 0 saturated heterocycles. The second-order valence-electron chi connectivity index (χ2n) is 7.46. The van der Waals surface area contributed by atoms with Gasteiger partial charge in [0.1, 0.15) is 13.2 Å². The van der Waals surface area contributed by atoms with Gasteiger partial charge in [0.15, 0.2) is 17.5 Å². The Kier molecular flexibility index (Phi) is 6.53. The average Bonchev–Trinajstić information content (AvgIpc) is 3.33. The molecule has 4 rings (SSSR count). The molecule has 5 nitrogen and oxygen atoms in total. The van der Waals surface area contributed by atoms with Crippen molar-refractivity contribution in [1.82, 2.24) is 10.6 Å². The van der Waals surface area contributed by atoms with E-state index in [0.717, 1.165) is 30.5 Å². The second-order valence-corrected chi connectivity index (χ2v) is 7.46. The van der Waals surface area contributed by atoms with Gasteiger partial charge in [-0.05, 0) is 50.3 Å². The van der Waals surface area contributed by atoms with Crippen LogP contribution in [0, 0.1) is 0 Å². The third-order valence-corrected chi connectivity index (χ3v) is 5.52. The van der Waals surface area contributed by atoms with E-state index in [4.69, 9.17) is 14.5 Å². The zero-order chi connectivity index (χ0) is 17.1. The first-order valence-corrected chi connectivity index (χ1v) is 9.74. The van der Waals surface area contributed by atoms with Crippen molar-refractivity contribution in [2.75, 3.05) is 26.3 Å². The van der Waals surface area contributed by atoms with E-state index in [2.05, 4.69) is 35.8 Å². The maximum Gasteiger partial charge on any atom is 0.191 e. The number of hydrogen-bond acceptors (Lipinski definition) is 3. The Bertz CT molecular complexity index is 640. The summed E-state index contributed by atoms with van der Waals surface area (Å²) >= 11 is 0. The second kappa shape index (κ2) is 8.67. The molecular formula is C20H30IN3O2. The molecule has 2 aliphatic carbocycles. The molecule has 0 radical (unpaired) electrons. The lowest BCUT2D eigenvalue weighted by Gasteiger charge is -2.30. The van der Waals surface area contributed by atoms with Crippen LogP contribution in [0.4, 0.5) is 0 Å². The van der Waals surface area contributed by atoms with Crippen molar-refractivity contribution in [2.24, 2.45) is 4.99 Å². The molecule has 26 heavy (non-hydrogen) atoms. The van der Waals surface area contributed by atoms with Gasteiger partial charge >= 0.3 is 0 Å². The maximum absolute atomic E-state index is 5.81. The molecule has 0 bridgehead atoms. The Morgan fingerprint density at radius 3 is 2.58 bits per heavy atom. The Hall–Kier alpha value is -1.18. The van der Waals surface area contributed by atoms with E-state index in [-0.39, 0.29) is 29.4 Å². The predicted molar refractivity (Wildman–Crippen MR) is 115 cm³/mol. The van der Waals surface area contributed by atoms with Crippen LogP contribution in [0.2, 0.25) is 0 Å². The first kappa shape index (κ1) is 19.6. The molecule has 1 heterocycles. The van der Waals surface area contributed by atoms with Gasteiger partial charge in [0.05, 0.1) is 6.54 Å². The predicted octanol–water partition coefficient (Wildman–Crippen LogP) is 3.61. The fourth-order valence-electron chi connectivity index (χ4n) is 3.93. The van der Waals surface area contributed by atoms with Crippen molar-refractivity contribution in [3.8, 4) is 11.5 Å². The standard InChI is InChI=1S/C20H29N3O2.HI/c1-2-21-19(23-16-6-7-16)22-14-20(9-3-4-10-20)15-5-8-17-18(13-15)25-12-11-24-17;/h5,8,13,16H,2-4,6-7,9-12,14H2,1H3,(H2,21,22,23);1H. The maximum atomic E-state index is 5.81. The van der Waals surface area contributed by atoms with E-state index in [0.29, 0.717) is 19.3 Å². The highest BCUT2D eigenvalue weighted by atomic mass is 127. The quantitative estimate of drug-likeness (QED) is 0.392. The molecule has 0 unspecified atom stereocenters. The van der Waals surface area contributed by atoms with Crippen LogP contribution in [-0.4, -0.2) is 38.3 Å². The van der Waals surface area contributed by atoms with Gasteiger partial charge in [-0.15, -0.1) is 24.0 Å². The molecule has 6 heteroatoms. The molecule has 0 aromatic heterocycles. The number of ether oxygens (including phenoxy) is 2. The molecule has 0 atom stereocenters. The lowest BCUT2D eigenvalue weighted by Crippen LogP contribution is -2.40. The van der Waals surface area contributed by atoms with Gasteiger partial charge < -0.3 is 20.1 Å². The highest BCUT2D eigenvalue weighted by Gasteiger charge is 2.36. The van der Waals surface area contributed by atoms with Gasteiger partial charge in [-0.1, -0.05) is 18.9 Å². The minimum atomic E-state index is 0. The van der Waals surface area contributed by atoms with Crippen molar-refractivity contribution in [3.05, 3.63) is 23.8 Å². The number of nitrogens with one attached hydrogen (secondary N) is 2. The van der Waals surface area contributed by atoms with Gasteiger partial charge in [-0.2, -0.15) is 0 Å². The number of nitrogens with zero attached hydrogens (tertiary/aromatic N) is 1.